The molecule has 204 valence electrons. The first-order chi connectivity index (χ1) is 20.4. The number of rotatable bonds is 4. The van der Waals surface area contributed by atoms with E-state index in [0.29, 0.717) is 0 Å². The maximum atomic E-state index is 4.08. The van der Waals surface area contributed by atoms with Crippen molar-refractivity contribution in [2.75, 3.05) is 0 Å². The first-order valence-corrected chi connectivity index (χ1v) is 16.4. The standard InChI is InChI=1S/C40H32S2/c1-5-24-18-29-15-14-27(20-32(29)30(24)6-2)25-10-9-11-26(19-25)28-16-17-31-33-22-38-39(23-35(33)40(3,4)34(31)21-28)42-37-13-8-7-12-36(37)41-38/h5-6,9-17,19-23H,1-2,7-8,18H2,3-4H3. The molecule has 0 bridgehead atoms. The summed E-state index contributed by atoms with van der Waals surface area (Å²) in [5, 5.41) is 0. The summed E-state index contributed by atoms with van der Waals surface area (Å²) in [5.41, 5.74) is 15.7. The lowest BCUT2D eigenvalue weighted by atomic mass is 9.81. The van der Waals surface area contributed by atoms with E-state index in [1.165, 1.54) is 86.4 Å². The summed E-state index contributed by atoms with van der Waals surface area (Å²) in [6.45, 7) is 12.9. The highest BCUT2D eigenvalue weighted by atomic mass is 32.2. The van der Waals surface area contributed by atoms with E-state index in [1.54, 1.807) is 0 Å². The Kier molecular flexibility index (Phi) is 5.97. The van der Waals surface area contributed by atoms with Crippen LogP contribution in [0.2, 0.25) is 0 Å². The highest BCUT2D eigenvalue weighted by Crippen LogP contribution is 2.57. The minimum absolute atomic E-state index is 0.0497. The lowest BCUT2D eigenvalue weighted by molar-refractivity contribution is 0.658. The molecule has 3 aliphatic carbocycles. The molecule has 8 rings (SSSR count). The molecule has 4 aliphatic rings. The minimum atomic E-state index is -0.0497. The average Bonchev–Trinajstić information content (AvgIpc) is 3.49. The molecule has 0 unspecified atom stereocenters. The second kappa shape index (κ2) is 9.66. The lowest BCUT2D eigenvalue weighted by Gasteiger charge is -2.26. The van der Waals surface area contributed by atoms with Gasteiger partial charge in [0.1, 0.15) is 0 Å². The number of thioether (sulfide) groups is 2. The van der Waals surface area contributed by atoms with Crippen LogP contribution in [-0.2, 0) is 11.8 Å². The molecule has 0 N–H and O–H groups in total. The van der Waals surface area contributed by atoms with Crippen LogP contribution in [0.5, 0.6) is 0 Å². The Balaban J connectivity index is 1.17. The van der Waals surface area contributed by atoms with Crippen LogP contribution in [0.1, 0.15) is 48.9 Å². The third kappa shape index (κ3) is 3.92. The maximum Gasteiger partial charge on any atom is 0.0268 e. The molecule has 0 saturated carbocycles. The van der Waals surface area contributed by atoms with E-state index in [2.05, 4.69) is 112 Å². The first kappa shape index (κ1) is 25.9. The van der Waals surface area contributed by atoms with Gasteiger partial charge in [-0.2, -0.15) is 0 Å². The number of benzene rings is 4. The third-order valence-corrected chi connectivity index (χ3v) is 11.9. The summed E-state index contributed by atoms with van der Waals surface area (Å²) in [5.74, 6) is 0. The monoisotopic (exact) mass is 576 g/mol. The van der Waals surface area contributed by atoms with Crippen molar-refractivity contribution < 1.29 is 0 Å². The molecule has 0 aromatic heterocycles. The third-order valence-electron chi connectivity index (χ3n) is 9.36. The van der Waals surface area contributed by atoms with Crippen molar-refractivity contribution in [1.82, 2.24) is 0 Å². The number of hydrogen-bond acceptors (Lipinski definition) is 2. The Bertz CT molecular complexity index is 1960. The molecule has 2 heteroatoms. The Hall–Kier alpha value is -3.72. The zero-order valence-electron chi connectivity index (χ0n) is 24.1. The van der Waals surface area contributed by atoms with Gasteiger partial charge >= 0.3 is 0 Å². The van der Waals surface area contributed by atoms with Crippen LogP contribution in [0.3, 0.4) is 0 Å². The summed E-state index contributed by atoms with van der Waals surface area (Å²) >= 11 is 3.91. The van der Waals surface area contributed by atoms with Crippen LogP contribution in [0.15, 0.2) is 135 Å². The fourth-order valence-corrected chi connectivity index (χ4v) is 9.48. The van der Waals surface area contributed by atoms with E-state index in [1.807, 2.05) is 35.7 Å². The Morgan fingerprint density at radius 2 is 1.29 bits per heavy atom. The fourth-order valence-electron chi connectivity index (χ4n) is 7.07. The highest BCUT2D eigenvalue weighted by Gasteiger charge is 2.37. The molecule has 1 aliphatic heterocycles. The van der Waals surface area contributed by atoms with Gasteiger partial charge in [0.25, 0.3) is 0 Å². The Morgan fingerprint density at radius 3 is 2.00 bits per heavy atom. The Labute approximate surface area is 257 Å². The second-order valence-corrected chi connectivity index (χ2v) is 14.3. The zero-order chi connectivity index (χ0) is 28.6. The van der Waals surface area contributed by atoms with Gasteiger partial charge < -0.3 is 0 Å². The number of hydrogen-bond donors (Lipinski definition) is 0. The first-order valence-electron chi connectivity index (χ1n) is 14.8. The van der Waals surface area contributed by atoms with Gasteiger partial charge in [0.15, 0.2) is 0 Å². The molecular formula is C40H32S2. The van der Waals surface area contributed by atoms with E-state index >= 15 is 0 Å². The predicted octanol–water partition coefficient (Wildman–Crippen LogP) is 11.8. The molecule has 0 saturated heterocycles. The molecule has 4 aromatic carbocycles. The molecule has 0 spiro atoms. The summed E-state index contributed by atoms with van der Waals surface area (Å²) in [7, 11) is 0. The van der Waals surface area contributed by atoms with Crippen molar-refractivity contribution >= 4 is 29.1 Å². The van der Waals surface area contributed by atoms with Crippen molar-refractivity contribution in [3.05, 3.63) is 148 Å². The summed E-state index contributed by atoms with van der Waals surface area (Å²) < 4.78 is 0. The Morgan fingerprint density at radius 1 is 0.643 bits per heavy atom. The minimum Gasteiger partial charge on any atom is -0.0988 e. The topological polar surface area (TPSA) is 0 Å². The quantitative estimate of drug-likeness (QED) is 0.237. The van der Waals surface area contributed by atoms with E-state index in [9.17, 15) is 0 Å². The predicted molar refractivity (Wildman–Crippen MR) is 183 cm³/mol. The van der Waals surface area contributed by atoms with Crippen molar-refractivity contribution in [3.8, 4) is 33.4 Å². The van der Waals surface area contributed by atoms with Crippen molar-refractivity contribution in [1.29, 1.82) is 0 Å². The molecule has 0 fully saturated rings. The van der Waals surface area contributed by atoms with E-state index in [0.717, 1.165) is 19.3 Å². The smallest absolute Gasteiger partial charge is 0.0268 e. The number of allylic oxidation sites excluding steroid dienone is 6. The second-order valence-electron chi connectivity index (χ2n) is 12.1. The van der Waals surface area contributed by atoms with Crippen molar-refractivity contribution in [3.63, 3.8) is 0 Å². The molecule has 1 heterocycles. The lowest BCUT2D eigenvalue weighted by Crippen LogP contribution is -2.15. The van der Waals surface area contributed by atoms with E-state index < -0.39 is 0 Å². The summed E-state index contributed by atoms with van der Waals surface area (Å²) in [6.07, 6.45) is 12.0. The molecule has 4 aromatic rings. The van der Waals surface area contributed by atoms with Crippen LogP contribution in [0, 0.1) is 0 Å². The van der Waals surface area contributed by atoms with Gasteiger partial charge in [-0.3, -0.25) is 0 Å². The summed E-state index contributed by atoms with van der Waals surface area (Å²) in [6, 6.07) is 27.9. The molecule has 0 radical (unpaired) electrons. The van der Waals surface area contributed by atoms with Crippen LogP contribution in [0.4, 0.5) is 0 Å². The summed E-state index contributed by atoms with van der Waals surface area (Å²) in [4.78, 5) is 5.68. The van der Waals surface area contributed by atoms with Crippen molar-refractivity contribution in [2.45, 2.75) is 48.3 Å². The van der Waals surface area contributed by atoms with Gasteiger partial charge in [-0.05, 0) is 116 Å². The van der Waals surface area contributed by atoms with E-state index in [-0.39, 0.29) is 5.41 Å². The van der Waals surface area contributed by atoms with Gasteiger partial charge in [-0.1, -0.05) is 117 Å². The normalized spacial score (nSPS) is 17.4. The molecule has 0 nitrogen and oxygen atoms in total. The number of fused-ring (bicyclic) bond motifs is 6. The van der Waals surface area contributed by atoms with Crippen LogP contribution < -0.4 is 0 Å². The zero-order valence-corrected chi connectivity index (χ0v) is 25.7. The van der Waals surface area contributed by atoms with Gasteiger partial charge in [-0.25, -0.2) is 0 Å². The van der Waals surface area contributed by atoms with Gasteiger partial charge in [0.2, 0.25) is 0 Å². The van der Waals surface area contributed by atoms with Crippen molar-refractivity contribution in [2.24, 2.45) is 0 Å². The van der Waals surface area contributed by atoms with Crippen LogP contribution in [0.25, 0.3) is 39.0 Å². The SMILES string of the molecule is C=CC1=C(C=C)c2cc(-c3cccc(-c4ccc5c(c4)C(C)(C)c4cc6c(cc4-5)SC4=CCCC=C4S6)c3)ccc2C1. The van der Waals surface area contributed by atoms with Gasteiger partial charge in [0.05, 0.1) is 0 Å². The average molecular weight is 577 g/mol. The molecule has 0 amide bonds. The highest BCUT2D eigenvalue weighted by molar-refractivity contribution is 8.11. The fraction of sp³-hybridized carbons (Fsp3) is 0.150. The van der Waals surface area contributed by atoms with Gasteiger partial charge in [-0.15, -0.1) is 0 Å². The van der Waals surface area contributed by atoms with Crippen LogP contribution in [-0.4, -0.2) is 0 Å². The van der Waals surface area contributed by atoms with E-state index in [4.69, 9.17) is 0 Å². The van der Waals surface area contributed by atoms with Crippen LogP contribution >= 0.6 is 23.5 Å². The molecule has 42 heavy (non-hydrogen) atoms. The largest absolute Gasteiger partial charge is 0.0988 e. The maximum absolute atomic E-state index is 4.08. The van der Waals surface area contributed by atoms with Gasteiger partial charge in [0, 0.05) is 25.0 Å². The molecule has 0 atom stereocenters. The molecular weight excluding hydrogens is 545 g/mol.